The summed E-state index contributed by atoms with van der Waals surface area (Å²) in [4.78, 5) is 0. The topological polar surface area (TPSA) is 0 Å². The van der Waals surface area contributed by atoms with Crippen LogP contribution in [0.15, 0.2) is 0 Å². The molecule has 0 aromatic heterocycles. The fourth-order valence-corrected chi connectivity index (χ4v) is 0.236. The Morgan fingerprint density at radius 2 is 2.40 bits per heavy atom. The molecule has 22 valence electrons. The van der Waals surface area contributed by atoms with Gasteiger partial charge in [0.25, 0.3) is 0 Å². The van der Waals surface area contributed by atoms with Crippen LogP contribution in [0.5, 0.6) is 0 Å². The molecule has 0 nitrogen and oxygen atoms in total. The standard InChI is InChI=1S/CH3B3S/c1-5-4-3-2/h1H3. The third kappa shape index (κ3) is 4.54. The molecule has 0 spiro atoms. The van der Waals surface area contributed by atoms with Crippen LogP contribution in [0.25, 0.3) is 0 Å². The Labute approximate surface area is 39.1 Å². The zero-order chi connectivity index (χ0) is 4.12. The summed E-state index contributed by atoms with van der Waals surface area (Å²) in [6.45, 7) is 1.52. The maximum absolute atomic E-state index is 4.94. The zero-order valence-electron chi connectivity index (χ0n) is 3.14. The second kappa shape index (κ2) is 4.54. The molecule has 0 rings (SSSR count). The summed E-state index contributed by atoms with van der Waals surface area (Å²) in [5.41, 5.74) is 0. The van der Waals surface area contributed by atoms with Gasteiger partial charge in [-0.1, -0.05) is 0 Å². The second-order valence-electron chi connectivity index (χ2n) is 0.564. The maximum atomic E-state index is 4.94. The van der Waals surface area contributed by atoms with Crippen LogP contribution in [-0.4, -0.2) is 26.8 Å². The summed E-state index contributed by atoms with van der Waals surface area (Å²) in [6.07, 6.45) is 3.78. The molecular formula is CH3B3S. The van der Waals surface area contributed by atoms with Gasteiger partial charge in [0.05, 0.1) is 0 Å². The van der Waals surface area contributed by atoms with E-state index in [1.54, 1.807) is 11.6 Å². The minimum absolute atomic E-state index is 1.52. The van der Waals surface area contributed by atoms with Crippen LogP contribution in [0.2, 0.25) is 0 Å². The van der Waals surface area contributed by atoms with Gasteiger partial charge in [-0.15, -0.1) is 0 Å². The first-order valence-electron chi connectivity index (χ1n) is 1.31. The van der Waals surface area contributed by atoms with Crippen molar-refractivity contribution in [3.8, 4) is 0 Å². The average Bonchev–Trinajstić information content (AvgIpc) is 1.41. The molecule has 0 aliphatic heterocycles. The van der Waals surface area contributed by atoms with Crippen molar-refractivity contribution in [2.45, 2.75) is 0 Å². The average molecular weight is 79.5 g/mol. The molecular weight excluding hydrogens is 76.5 g/mol. The summed E-state index contributed by atoms with van der Waals surface area (Å²) in [7, 11) is 4.94. The summed E-state index contributed by atoms with van der Waals surface area (Å²) in [5.74, 6) is 0. The van der Waals surface area contributed by atoms with Crippen LogP contribution in [0.4, 0.5) is 0 Å². The predicted molar refractivity (Wildman–Crippen MR) is 30.8 cm³/mol. The van der Waals surface area contributed by atoms with Crippen molar-refractivity contribution in [1.29, 1.82) is 0 Å². The number of rotatable bonds is 1. The van der Waals surface area contributed by atoms with Gasteiger partial charge in [-0.2, -0.15) is 0 Å². The fourth-order valence-electron chi connectivity index (χ4n) is 0.0786. The third-order valence-electron chi connectivity index (χ3n) is 0.215. The summed E-state index contributed by atoms with van der Waals surface area (Å²) < 4.78 is 0. The van der Waals surface area contributed by atoms with Crippen molar-refractivity contribution < 1.29 is 0 Å². The van der Waals surface area contributed by atoms with Crippen molar-refractivity contribution in [3.63, 3.8) is 0 Å². The monoisotopic (exact) mass is 80.0 g/mol. The Bertz CT molecular complexity index is 33.9. The molecule has 0 atom stereocenters. The van der Waals surface area contributed by atoms with E-state index in [1.807, 2.05) is 12.3 Å². The Kier molecular flexibility index (Phi) is 5.04. The van der Waals surface area contributed by atoms with Crippen LogP contribution >= 0.6 is 11.6 Å². The van der Waals surface area contributed by atoms with E-state index in [2.05, 4.69) is 0 Å². The molecule has 4 heteroatoms. The molecule has 0 aromatic rings. The van der Waals surface area contributed by atoms with E-state index in [9.17, 15) is 0 Å². The van der Waals surface area contributed by atoms with E-state index in [-0.39, 0.29) is 0 Å². The number of hydrogen-bond acceptors (Lipinski definition) is 1. The minimum atomic E-state index is 1.52. The number of hydrogen-bond donors (Lipinski definition) is 0. The molecule has 0 saturated heterocycles. The van der Waals surface area contributed by atoms with Crippen LogP contribution in [0, 0.1) is 0 Å². The SMILES string of the molecule is [B]B=BSC. The predicted octanol–water partition coefficient (Wildman–Crippen LogP) is -0.329. The van der Waals surface area contributed by atoms with E-state index in [0.29, 0.717) is 0 Å². The Morgan fingerprint density at radius 1 is 1.80 bits per heavy atom. The molecule has 0 unspecified atom stereocenters. The van der Waals surface area contributed by atoms with Crippen LogP contribution in [0.1, 0.15) is 0 Å². The quantitative estimate of drug-likeness (QED) is 0.388. The zero-order valence-corrected chi connectivity index (χ0v) is 3.96. The van der Waals surface area contributed by atoms with Crippen molar-refractivity contribution in [2.24, 2.45) is 0 Å². The fraction of sp³-hybridized carbons (Fsp3) is 1.00. The third-order valence-corrected chi connectivity index (χ3v) is 0.644. The second-order valence-corrected chi connectivity index (χ2v) is 1.31. The molecule has 0 saturated carbocycles. The molecule has 0 bridgehead atoms. The molecule has 0 aliphatic carbocycles. The first-order chi connectivity index (χ1) is 2.41. The molecule has 2 radical (unpaired) electrons. The van der Waals surface area contributed by atoms with Gasteiger partial charge in [-0.3, -0.25) is 0 Å². The van der Waals surface area contributed by atoms with Gasteiger partial charge in [0.15, 0.2) is 0 Å². The van der Waals surface area contributed by atoms with E-state index in [4.69, 9.17) is 7.74 Å². The molecule has 0 N–H and O–H groups in total. The van der Waals surface area contributed by atoms with Crippen LogP contribution < -0.4 is 0 Å². The van der Waals surface area contributed by atoms with Gasteiger partial charge >= 0.3 is 38.4 Å². The Balaban J connectivity index is 2.62. The van der Waals surface area contributed by atoms with Gasteiger partial charge < -0.3 is 0 Å². The summed E-state index contributed by atoms with van der Waals surface area (Å²) >= 11 is 1.60. The van der Waals surface area contributed by atoms with Crippen LogP contribution in [0.3, 0.4) is 0 Å². The molecule has 5 heavy (non-hydrogen) atoms. The van der Waals surface area contributed by atoms with Crippen molar-refractivity contribution >= 4 is 32.1 Å². The van der Waals surface area contributed by atoms with E-state index < -0.39 is 0 Å². The van der Waals surface area contributed by atoms with Gasteiger partial charge in [0, 0.05) is 0 Å². The van der Waals surface area contributed by atoms with Crippen molar-refractivity contribution in [1.82, 2.24) is 0 Å². The van der Waals surface area contributed by atoms with Gasteiger partial charge in [-0.25, -0.2) is 0 Å². The molecule has 0 fully saturated rings. The van der Waals surface area contributed by atoms with E-state index >= 15 is 0 Å². The Morgan fingerprint density at radius 3 is 2.40 bits per heavy atom. The molecule has 0 aliphatic rings. The van der Waals surface area contributed by atoms with Gasteiger partial charge in [0.2, 0.25) is 0 Å². The first kappa shape index (κ1) is 5.54. The van der Waals surface area contributed by atoms with Gasteiger partial charge in [0.1, 0.15) is 0 Å². The summed E-state index contributed by atoms with van der Waals surface area (Å²) in [6, 6.07) is 0. The van der Waals surface area contributed by atoms with Gasteiger partial charge in [-0.05, 0) is 0 Å². The van der Waals surface area contributed by atoms with E-state index in [1.165, 1.54) is 6.69 Å². The normalized spacial score (nSPS) is 6.60. The van der Waals surface area contributed by atoms with E-state index in [0.717, 1.165) is 0 Å². The van der Waals surface area contributed by atoms with Crippen molar-refractivity contribution in [2.75, 3.05) is 6.26 Å². The molecule has 0 aromatic carbocycles. The van der Waals surface area contributed by atoms with Crippen molar-refractivity contribution in [3.05, 3.63) is 0 Å². The first-order valence-corrected chi connectivity index (χ1v) is 2.60. The Hall–Kier alpha value is 0.545. The van der Waals surface area contributed by atoms with Crippen LogP contribution in [-0.2, 0) is 0 Å². The summed E-state index contributed by atoms with van der Waals surface area (Å²) in [5, 5.41) is 0. The molecule has 0 heterocycles. The molecule has 0 amide bonds.